The number of carbonyl (C=O) groups excluding carboxylic acids is 2. The topological polar surface area (TPSA) is 49.4 Å². The molecule has 0 radical (unpaired) electrons. The Morgan fingerprint density at radius 1 is 1.11 bits per heavy atom. The summed E-state index contributed by atoms with van der Waals surface area (Å²) in [6.45, 7) is 4.31. The molecular weight excluding hydrogens is 402 g/mol. The smallest absolute Gasteiger partial charge is 0.242 e. The van der Waals surface area contributed by atoms with E-state index in [1.54, 1.807) is 24.3 Å². The van der Waals surface area contributed by atoms with Gasteiger partial charge in [0.1, 0.15) is 11.9 Å². The van der Waals surface area contributed by atoms with Crippen LogP contribution in [0.15, 0.2) is 42.5 Å². The fourth-order valence-electron chi connectivity index (χ4n) is 2.95. The first-order chi connectivity index (χ1) is 13.4. The number of halogens is 3. The van der Waals surface area contributed by atoms with Crippen LogP contribution in [0.5, 0.6) is 0 Å². The predicted octanol–water partition coefficient (Wildman–Crippen LogP) is 4.62. The summed E-state index contributed by atoms with van der Waals surface area (Å²) in [5.74, 6) is -1.16. The van der Waals surface area contributed by atoms with E-state index in [2.05, 4.69) is 5.32 Å². The number of nitrogens with zero attached hydrogens (tertiary/aromatic N) is 1. The third-order valence-corrected chi connectivity index (χ3v) is 5.00. The maximum Gasteiger partial charge on any atom is 0.242 e. The van der Waals surface area contributed by atoms with Crippen molar-refractivity contribution in [3.63, 3.8) is 0 Å². The average Bonchev–Trinajstić information content (AvgIpc) is 2.66. The molecule has 4 nitrogen and oxygen atoms in total. The molecule has 1 atom stereocenters. The molecule has 0 aromatic heterocycles. The van der Waals surface area contributed by atoms with Crippen LogP contribution in [0.4, 0.5) is 4.39 Å². The highest BCUT2D eigenvalue weighted by Gasteiger charge is 2.29. The second-order valence-electron chi connectivity index (χ2n) is 6.34. The van der Waals surface area contributed by atoms with E-state index in [0.29, 0.717) is 18.0 Å². The molecule has 0 saturated carbocycles. The number of amides is 2. The lowest BCUT2D eigenvalue weighted by molar-refractivity contribution is -0.140. The molecule has 2 amide bonds. The van der Waals surface area contributed by atoms with Crippen molar-refractivity contribution in [3.05, 3.63) is 69.5 Å². The number of carbonyl (C=O) groups is 2. The first kappa shape index (κ1) is 22.2. The van der Waals surface area contributed by atoms with E-state index < -0.39 is 11.9 Å². The van der Waals surface area contributed by atoms with Crippen molar-refractivity contribution in [2.24, 2.45) is 0 Å². The van der Waals surface area contributed by atoms with Crippen molar-refractivity contribution in [1.82, 2.24) is 10.2 Å². The molecule has 1 N–H and O–H groups in total. The van der Waals surface area contributed by atoms with E-state index in [4.69, 9.17) is 23.2 Å². The number of likely N-dealkylation sites (N-methyl/N-ethyl adjacent to an activating group) is 1. The number of rotatable bonds is 8. The highest BCUT2D eigenvalue weighted by atomic mass is 35.5. The Kier molecular flexibility index (Phi) is 8.27. The first-order valence-corrected chi connectivity index (χ1v) is 9.87. The molecule has 2 rings (SSSR count). The fourth-order valence-corrected chi connectivity index (χ4v) is 3.31. The lowest BCUT2D eigenvalue weighted by atomic mass is 10.1. The van der Waals surface area contributed by atoms with Gasteiger partial charge in [-0.25, -0.2) is 4.39 Å². The predicted molar refractivity (Wildman–Crippen MR) is 110 cm³/mol. The lowest BCUT2D eigenvalue weighted by Gasteiger charge is -2.30. The maximum atomic E-state index is 14.2. The van der Waals surface area contributed by atoms with Gasteiger partial charge in [0.2, 0.25) is 11.8 Å². The van der Waals surface area contributed by atoms with Crippen LogP contribution in [0.25, 0.3) is 0 Å². The largest absolute Gasteiger partial charge is 0.355 e. The highest BCUT2D eigenvalue weighted by molar-refractivity contribution is 6.31. The van der Waals surface area contributed by atoms with Crippen molar-refractivity contribution in [3.8, 4) is 0 Å². The third kappa shape index (κ3) is 5.69. The standard InChI is InChI=1S/C21H23Cl2FN2O2/c1-3-19(21(28)25-4-2)26(13-14-8-10-15(22)11-9-14)20(27)12-16-17(23)6-5-7-18(16)24/h5-11,19H,3-4,12-13H2,1-2H3,(H,25,28)/t19-/m1/s1. The van der Waals surface area contributed by atoms with Crippen molar-refractivity contribution < 1.29 is 14.0 Å². The summed E-state index contributed by atoms with van der Waals surface area (Å²) < 4.78 is 14.2. The van der Waals surface area contributed by atoms with Crippen molar-refractivity contribution in [2.45, 2.75) is 39.3 Å². The molecule has 0 unspecified atom stereocenters. The number of hydrogen-bond acceptors (Lipinski definition) is 2. The Hall–Kier alpha value is -2.11. The lowest BCUT2D eigenvalue weighted by Crippen LogP contribution is -2.49. The molecule has 0 aliphatic carbocycles. The molecule has 2 aromatic rings. The van der Waals surface area contributed by atoms with Gasteiger partial charge in [-0.05, 0) is 43.2 Å². The minimum Gasteiger partial charge on any atom is -0.355 e. The van der Waals surface area contributed by atoms with Crippen molar-refractivity contribution in [2.75, 3.05) is 6.54 Å². The number of hydrogen-bond donors (Lipinski definition) is 1. The molecule has 7 heteroatoms. The van der Waals surface area contributed by atoms with Crippen LogP contribution in [-0.2, 0) is 22.6 Å². The number of benzene rings is 2. The molecule has 150 valence electrons. The van der Waals surface area contributed by atoms with E-state index in [1.807, 2.05) is 13.8 Å². The summed E-state index contributed by atoms with van der Waals surface area (Å²) >= 11 is 12.0. The van der Waals surface area contributed by atoms with E-state index in [-0.39, 0.29) is 35.4 Å². The van der Waals surface area contributed by atoms with Crippen LogP contribution in [0, 0.1) is 5.82 Å². The second kappa shape index (κ2) is 10.4. The first-order valence-electron chi connectivity index (χ1n) is 9.11. The zero-order valence-corrected chi connectivity index (χ0v) is 17.4. The summed E-state index contributed by atoms with van der Waals surface area (Å²) in [6.07, 6.45) is 0.200. The SMILES string of the molecule is CCNC(=O)[C@@H](CC)N(Cc1ccc(Cl)cc1)C(=O)Cc1c(F)cccc1Cl. The molecule has 0 fully saturated rings. The minimum absolute atomic E-state index is 0.126. The van der Waals surface area contributed by atoms with Gasteiger partial charge in [-0.3, -0.25) is 9.59 Å². The Morgan fingerprint density at radius 2 is 1.79 bits per heavy atom. The summed E-state index contributed by atoms with van der Waals surface area (Å²) in [6, 6.07) is 10.7. The normalized spacial score (nSPS) is 11.8. The molecule has 2 aromatic carbocycles. The van der Waals surface area contributed by atoms with E-state index >= 15 is 0 Å². The van der Waals surface area contributed by atoms with Gasteiger partial charge in [0.15, 0.2) is 0 Å². The van der Waals surface area contributed by atoms with Crippen LogP contribution >= 0.6 is 23.2 Å². The van der Waals surface area contributed by atoms with Gasteiger partial charge in [0.05, 0.1) is 6.42 Å². The summed E-state index contributed by atoms with van der Waals surface area (Å²) in [5.41, 5.74) is 0.946. The summed E-state index contributed by atoms with van der Waals surface area (Å²) in [4.78, 5) is 27.1. The third-order valence-electron chi connectivity index (χ3n) is 4.39. The second-order valence-corrected chi connectivity index (χ2v) is 7.19. The van der Waals surface area contributed by atoms with Crippen LogP contribution in [0.3, 0.4) is 0 Å². The fraction of sp³-hybridized carbons (Fsp3) is 0.333. The number of nitrogens with one attached hydrogen (secondary N) is 1. The Bertz CT molecular complexity index is 807. The van der Waals surface area contributed by atoms with Crippen LogP contribution in [-0.4, -0.2) is 29.3 Å². The van der Waals surface area contributed by atoms with Gasteiger partial charge in [0, 0.05) is 28.7 Å². The Morgan fingerprint density at radius 3 is 2.36 bits per heavy atom. The van der Waals surface area contributed by atoms with E-state index in [0.717, 1.165) is 5.56 Å². The molecule has 0 spiro atoms. The van der Waals surface area contributed by atoms with Gasteiger partial charge in [-0.1, -0.05) is 48.3 Å². The molecule has 0 aliphatic rings. The zero-order valence-electron chi connectivity index (χ0n) is 15.8. The van der Waals surface area contributed by atoms with Crippen LogP contribution in [0.1, 0.15) is 31.4 Å². The Labute approximate surface area is 174 Å². The molecule has 0 saturated heterocycles. The quantitative estimate of drug-likeness (QED) is 0.671. The van der Waals surface area contributed by atoms with Gasteiger partial charge >= 0.3 is 0 Å². The summed E-state index contributed by atoms with van der Waals surface area (Å²) in [5, 5.41) is 3.52. The van der Waals surface area contributed by atoms with Crippen LogP contribution < -0.4 is 5.32 Å². The van der Waals surface area contributed by atoms with E-state index in [9.17, 15) is 14.0 Å². The molecule has 0 heterocycles. The van der Waals surface area contributed by atoms with Crippen molar-refractivity contribution in [1.29, 1.82) is 0 Å². The Balaban J connectivity index is 2.33. The molecule has 0 bridgehead atoms. The van der Waals surface area contributed by atoms with Gasteiger partial charge in [0.25, 0.3) is 0 Å². The molecule has 0 aliphatic heterocycles. The average molecular weight is 425 g/mol. The van der Waals surface area contributed by atoms with Gasteiger partial charge in [-0.2, -0.15) is 0 Å². The molecule has 28 heavy (non-hydrogen) atoms. The van der Waals surface area contributed by atoms with Crippen LogP contribution in [0.2, 0.25) is 10.0 Å². The molecular formula is C21H23Cl2FN2O2. The summed E-state index contributed by atoms with van der Waals surface area (Å²) in [7, 11) is 0. The van der Waals surface area contributed by atoms with E-state index in [1.165, 1.54) is 23.1 Å². The van der Waals surface area contributed by atoms with Gasteiger partial charge in [-0.15, -0.1) is 0 Å². The maximum absolute atomic E-state index is 14.2. The highest BCUT2D eigenvalue weighted by Crippen LogP contribution is 2.22. The minimum atomic E-state index is -0.673. The van der Waals surface area contributed by atoms with Crippen molar-refractivity contribution >= 4 is 35.0 Å². The zero-order chi connectivity index (χ0) is 20.7. The monoisotopic (exact) mass is 424 g/mol. The van der Waals surface area contributed by atoms with Gasteiger partial charge < -0.3 is 10.2 Å².